The highest BCUT2D eigenvalue weighted by molar-refractivity contribution is 5.98. The molecule has 1 unspecified atom stereocenters. The van der Waals surface area contributed by atoms with Crippen LogP contribution in [0.25, 0.3) is 0 Å². The van der Waals surface area contributed by atoms with Gasteiger partial charge in [-0.3, -0.25) is 9.69 Å². The summed E-state index contributed by atoms with van der Waals surface area (Å²) in [5, 5.41) is 9.33. The molecule has 0 aliphatic rings. The van der Waals surface area contributed by atoms with Crippen LogP contribution in [-0.4, -0.2) is 41.0 Å². The van der Waals surface area contributed by atoms with Gasteiger partial charge in [0.05, 0.1) is 6.54 Å². The van der Waals surface area contributed by atoms with Crippen LogP contribution in [-0.2, 0) is 0 Å². The summed E-state index contributed by atoms with van der Waals surface area (Å²) in [4.78, 5) is 17.7. The molecular weight excluding hydrogens is 276 g/mol. The Morgan fingerprint density at radius 1 is 1.27 bits per heavy atom. The van der Waals surface area contributed by atoms with Gasteiger partial charge < -0.3 is 10.1 Å². The van der Waals surface area contributed by atoms with Crippen molar-refractivity contribution in [3.05, 3.63) is 58.9 Å². The number of hydrogen-bond donors (Lipinski definition) is 2. The van der Waals surface area contributed by atoms with E-state index in [4.69, 9.17) is 0 Å². The van der Waals surface area contributed by atoms with Crippen molar-refractivity contribution in [2.75, 3.05) is 20.2 Å². The molecule has 22 heavy (non-hydrogen) atoms. The molecule has 0 radical (unpaired) electrons. The quantitative estimate of drug-likeness (QED) is 0.773. The van der Waals surface area contributed by atoms with Crippen molar-refractivity contribution in [1.82, 2.24) is 9.88 Å². The van der Waals surface area contributed by atoms with Crippen molar-refractivity contribution in [3.8, 4) is 0 Å². The van der Waals surface area contributed by atoms with E-state index < -0.39 is 0 Å². The van der Waals surface area contributed by atoms with Crippen molar-refractivity contribution in [1.29, 1.82) is 0 Å². The summed E-state index contributed by atoms with van der Waals surface area (Å²) in [6.45, 7) is 4.30. The first kappa shape index (κ1) is 16.5. The molecule has 0 aliphatic heterocycles. The van der Waals surface area contributed by atoms with E-state index in [0.717, 1.165) is 22.5 Å². The number of hydrogen-bond acceptors (Lipinski definition) is 3. The fourth-order valence-corrected chi connectivity index (χ4v) is 2.87. The number of carbonyl (C=O) groups excluding carboxylic acids is 1. The van der Waals surface area contributed by atoms with Gasteiger partial charge in [0.25, 0.3) is 0 Å². The van der Waals surface area contributed by atoms with Crippen LogP contribution in [0.15, 0.2) is 36.4 Å². The molecule has 1 aromatic carbocycles. The zero-order chi connectivity index (χ0) is 16.1. The predicted octanol–water partition coefficient (Wildman–Crippen LogP) is 2.87. The topological polar surface area (TPSA) is 56.3 Å². The van der Waals surface area contributed by atoms with Crippen LogP contribution >= 0.6 is 0 Å². The van der Waals surface area contributed by atoms with Crippen molar-refractivity contribution >= 4 is 5.78 Å². The number of H-pyrrole nitrogens is 1. The van der Waals surface area contributed by atoms with Gasteiger partial charge in [-0.25, -0.2) is 0 Å². The molecule has 0 saturated carbocycles. The van der Waals surface area contributed by atoms with Gasteiger partial charge in [0.2, 0.25) is 0 Å². The number of nitrogens with zero attached hydrogens (tertiary/aromatic N) is 1. The molecule has 4 heteroatoms. The second kappa shape index (κ2) is 7.38. The fourth-order valence-electron chi connectivity index (χ4n) is 2.87. The Kier molecular flexibility index (Phi) is 5.52. The van der Waals surface area contributed by atoms with Gasteiger partial charge >= 0.3 is 0 Å². The fraction of sp³-hybridized carbons (Fsp3) is 0.389. The van der Waals surface area contributed by atoms with Crippen molar-refractivity contribution < 1.29 is 9.90 Å². The normalized spacial score (nSPS) is 12.6. The van der Waals surface area contributed by atoms with E-state index in [0.29, 0.717) is 13.0 Å². The van der Waals surface area contributed by atoms with Gasteiger partial charge in [0.1, 0.15) is 0 Å². The number of rotatable bonds is 7. The number of Topliss-reactive ketones (excluding diaryl/α,β-unsaturated/α-hetero) is 1. The lowest BCUT2D eigenvalue weighted by molar-refractivity contribution is 0.0903. The first-order valence-corrected chi connectivity index (χ1v) is 7.58. The predicted molar refractivity (Wildman–Crippen MR) is 88.1 cm³/mol. The SMILES string of the molecule is Cc1cc(C(=O)CN(C)C(CCO)c2ccccc2)c(C)[nH]1. The average molecular weight is 300 g/mol. The zero-order valence-electron chi connectivity index (χ0n) is 13.5. The van der Waals surface area contributed by atoms with Gasteiger partial charge in [0, 0.05) is 29.6 Å². The third-order valence-electron chi connectivity index (χ3n) is 3.96. The Morgan fingerprint density at radius 2 is 1.95 bits per heavy atom. The number of aryl methyl sites for hydroxylation is 2. The minimum Gasteiger partial charge on any atom is -0.396 e. The summed E-state index contributed by atoms with van der Waals surface area (Å²) in [6.07, 6.45) is 0.610. The molecular formula is C18H24N2O2. The lowest BCUT2D eigenvalue weighted by Crippen LogP contribution is -2.31. The Balaban J connectivity index is 2.13. The van der Waals surface area contributed by atoms with E-state index in [1.54, 1.807) is 0 Å². The largest absolute Gasteiger partial charge is 0.396 e. The molecule has 0 bridgehead atoms. The van der Waals surface area contributed by atoms with Crippen molar-refractivity contribution in [3.63, 3.8) is 0 Å². The molecule has 0 aliphatic carbocycles. The molecule has 1 heterocycles. The smallest absolute Gasteiger partial charge is 0.178 e. The molecule has 2 rings (SSSR count). The van der Waals surface area contributed by atoms with Gasteiger partial charge in [-0.15, -0.1) is 0 Å². The molecule has 0 amide bonds. The van der Waals surface area contributed by atoms with E-state index in [1.807, 2.05) is 62.2 Å². The van der Waals surface area contributed by atoms with Crippen LogP contribution in [0.4, 0.5) is 0 Å². The number of aromatic amines is 1. The number of aliphatic hydroxyl groups excluding tert-OH is 1. The Labute approximate surface area is 131 Å². The van der Waals surface area contributed by atoms with Crippen LogP contribution < -0.4 is 0 Å². The van der Waals surface area contributed by atoms with Crippen molar-refractivity contribution in [2.24, 2.45) is 0 Å². The second-order valence-corrected chi connectivity index (χ2v) is 5.77. The monoisotopic (exact) mass is 300 g/mol. The van der Waals surface area contributed by atoms with Crippen LogP contribution in [0, 0.1) is 13.8 Å². The first-order valence-electron chi connectivity index (χ1n) is 7.58. The summed E-state index contributed by atoms with van der Waals surface area (Å²) in [7, 11) is 1.93. The maximum atomic E-state index is 12.5. The zero-order valence-corrected chi connectivity index (χ0v) is 13.5. The van der Waals surface area contributed by atoms with Crippen LogP contribution in [0.2, 0.25) is 0 Å². The number of aromatic nitrogens is 1. The molecule has 1 atom stereocenters. The van der Waals surface area contributed by atoms with Crippen LogP contribution in [0.1, 0.15) is 39.8 Å². The Hall–Kier alpha value is -1.91. The lowest BCUT2D eigenvalue weighted by Gasteiger charge is -2.27. The molecule has 1 aromatic heterocycles. The maximum Gasteiger partial charge on any atom is 0.178 e. The third-order valence-corrected chi connectivity index (χ3v) is 3.96. The number of benzene rings is 1. The van der Waals surface area contributed by atoms with Gasteiger partial charge in [-0.1, -0.05) is 30.3 Å². The average Bonchev–Trinajstić information content (AvgIpc) is 2.84. The Morgan fingerprint density at radius 3 is 2.50 bits per heavy atom. The maximum absolute atomic E-state index is 12.5. The highest BCUT2D eigenvalue weighted by atomic mass is 16.3. The summed E-state index contributed by atoms with van der Waals surface area (Å²) in [5.41, 5.74) is 3.78. The number of carbonyl (C=O) groups is 1. The van der Waals surface area contributed by atoms with Gasteiger partial charge in [-0.2, -0.15) is 0 Å². The lowest BCUT2D eigenvalue weighted by atomic mass is 10.0. The summed E-state index contributed by atoms with van der Waals surface area (Å²) >= 11 is 0. The highest BCUT2D eigenvalue weighted by Gasteiger charge is 2.20. The molecule has 2 N–H and O–H groups in total. The molecule has 118 valence electrons. The molecule has 2 aromatic rings. The standard InChI is InChI=1S/C18H24N2O2/c1-13-11-16(14(2)19-13)18(22)12-20(3)17(9-10-21)15-7-5-4-6-8-15/h4-8,11,17,19,21H,9-10,12H2,1-3H3. The van der Waals surface area contributed by atoms with E-state index in [2.05, 4.69) is 4.98 Å². The summed E-state index contributed by atoms with van der Waals surface area (Å²) in [6, 6.07) is 11.9. The second-order valence-electron chi connectivity index (χ2n) is 5.77. The van der Waals surface area contributed by atoms with Gasteiger partial charge in [-0.05, 0) is 38.9 Å². The molecule has 0 saturated heterocycles. The van der Waals surface area contributed by atoms with E-state index >= 15 is 0 Å². The van der Waals surface area contributed by atoms with Gasteiger partial charge in [0.15, 0.2) is 5.78 Å². The number of ketones is 1. The molecule has 0 spiro atoms. The summed E-state index contributed by atoms with van der Waals surface area (Å²) < 4.78 is 0. The van der Waals surface area contributed by atoms with Crippen LogP contribution in [0.5, 0.6) is 0 Å². The number of likely N-dealkylation sites (N-methyl/N-ethyl adjacent to an activating group) is 1. The Bertz CT molecular complexity index is 619. The number of nitrogens with one attached hydrogen (secondary N) is 1. The van der Waals surface area contributed by atoms with E-state index in [-0.39, 0.29) is 18.4 Å². The summed E-state index contributed by atoms with van der Waals surface area (Å²) in [5.74, 6) is 0.100. The highest BCUT2D eigenvalue weighted by Crippen LogP contribution is 2.23. The first-order chi connectivity index (χ1) is 10.5. The van der Waals surface area contributed by atoms with Crippen molar-refractivity contribution in [2.45, 2.75) is 26.3 Å². The van der Waals surface area contributed by atoms with Crippen LogP contribution in [0.3, 0.4) is 0 Å². The van der Waals surface area contributed by atoms with E-state index in [9.17, 15) is 9.90 Å². The third kappa shape index (κ3) is 3.84. The minimum atomic E-state index is 0.0375. The molecule has 0 fully saturated rings. The number of aliphatic hydroxyl groups is 1. The molecule has 4 nitrogen and oxygen atoms in total. The minimum absolute atomic E-state index is 0.0375. The van der Waals surface area contributed by atoms with E-state index in [1.165, 1.54) is 0 Å².